The number of ether oxygens (including phenoxy) is 2. The van der Waals surface area contributed by atoms with Crippen LogP contribution in [0, 0.1) is 0 Å². The highest BCUT2D eigenvalue weighted by atomic mass is 32.2. The second kappa shape index (κ2) is 12.6. The van der Waals surface area contributed by atoms with Gasteiger partial charge in [-0.2, -0.15) is 13.2 Å². The Balaban J connectivity index is 1.81. The van der Waals surface area contributed by atoms with Crippen LogP contribution in [0.1, 0.15) is 28.3 Å². The van der Waals surface area contributed by atoms with E-state index >= 15 is 0 Å². The number of nitrogens with one attached hydrogen (secondary N) is 2. The van der Waals surface area contributed by atoms with Gasteiger partial charge in [-0.05, 0) is 59.9 Å². The molecule has 2 unspecified atom stereocenters. The number of benzene rings is 3. The summed E-state index contributed by atoms with van der Waals surface area (Å²) in [6, 6.07) is 14.1. The Kier molecular flexibility index (Phi) is 9.70. The van der Waals surface area contributed by atoms with Gasteiger partial charge >= 0.3 is 6.18 Å². The van der Waals surface area contributed by atoms with Gasteiger partial charge in [0, 0.05) is 12.6 Å². The monoisotopic (exact) mass is 568 g/mol. The molecule has 0 aliphatic heterocycles. The number of hydrogen-bond donors (Lipinski definition) is 4. The topological polar surface area (TPSA) is 117 Å². The summed E-state index contributed by atoms with van der Waals surface area (Å²) in [6.07, 6.45) is -4.16. The number of alkyl halides is 3. The number of phenolic OH excluding ortho intramolecular Hbond substituents is 1. The van der Waals surface area contributed by atoms with Gasteiger partial charge in [-0.15, -0.1) is 0 Å². The van der Waals surface area contributed by atoms with Crippen molar-refractivity contribution in [1.29, 1.82) is 0 Å². The predicted molar refractivity (Wildman–Crippen MR) is 142 cm³/mol. The molecule has 0 heterocycles. The molecule has 0 spiro atoms. The molecular formula is C27H31F3N2O6S. The molecular weight excluding hydrogens is 537 g/mol. The number of anilines is 1. The fourth-order valence-corrected chi connectivity index (χ4v) is 4.66. The van der Waals surface area contributed by atoms with Crippen molar-refractivity contribution in [2.45, 2.75) is 31.2 Å². The van der Waals surface area contributed by atoms with E-state index in [0.29, 0.717) is 28.2 Å². The molecule has 0 bridgehead atoms. The fourth-order valence-electron chi connectivity index (χ4n) is 4.10. The minimum absolute atomic E-state index is 0.0112. The molecule has 4 N–H and O–H groups in total. The van der Waals surface area contributed by atoms with Crippen LogP contribution in [-0.4, -0.2) is 51.8 Å². The van der Waals surface area contributed by atoms with E-state index in [0.717, 1.165) is 18.4 Å². The Morgan fingerprint density at radius 2 is 1.62 bits per heavy atom. The van der Waals surface area contributed by atoms with Gasteiger partial charge in [-0.25, -0.2) is 8.42 Å². The number of sulfonamides is 1. The van der Waals surface area contributed by atoms with E-state index in [4.69, 9.17) is 9.47 Å². The molecule has 212 valence electrons. The molecule has 0 aromatic heterocycles. The van der Waals surface area contributed by atoms with Crippen molar-refractivity contribution >= 4 is 15.7 Å². The number of aliphatic hydroxyl groups is 1. The second-order valence-corrected chi connectivity index (χ2v) is 10.8. The van der Waals surface area contributed by atoms with Gasteiger partial charge in [-0.1, -0.05) is 30.3 Å². The molecule has 3 rings (SSSR count). The third kappa shape index (κ3) is 8.77. The maximum atomic E-state index is 13.3. The highest BCUT2D eigenvalue weighted by molar-refractivity contribution is 7.92. The number of aromatic hydroxyl groups is 1. The molecule has 3 aromatic carbocycles. The summed E-state index contributed by atoms with van der Waals surface area (Å²) in [7, 11) is -0.655. The molecule has 0 radical (unpaired) electrons. The summed E-state index contributed by atoms with van der Waals surface area (Å²) in [5, 5.41) is 23.9. The minimum atomic E-state index is -4.48. The summed E-state index contributed by atoms with van der Waals surface area (Å²) in [6.45, 7) is 0.0632. The molecule has 0 saturated carbocycles. The van der Waals surface area contributed by atoms with Crippen molar-refractivity contribution in [3.63, 3.8) is 0 Å². The van der Waals surface area contributed by atoms with Gasteiger partial charge in [-0.3, -0.25) is 4.72 Å². The molecule has 2 atom stereocenters. The van der Waals surface area contributed by atoms with Crippen LogP contribution in [0.3, 0.4) is 0 Å². The van der Waals surface area contributed by atoms with Crippen molar-refractivity contribution in [2.24, 2.45) is 0 Å². The number of rotatable bonds is 12. The van der Waals surface area contributed by atoms with E-state index in [2.05, 4.69) is 10.0 Å². The molecule has 3 aromatic rings. The van der Waals surface area contributed by atoms with Crippen molar-refractivity contribution in [3.8, 4) is 17.2 Å². The number of phenols is 1. The minimum Gasteiger partial charge on any atom is -0.506 e. The summed E-state index contributed by atoms with van der Waals surface area (Å²) >= 11 is 0. The first-order valence-corrected chi connectivity index (χ1v) is 13.8. The van der Waals surface area contributed by atoms with E-state index in [9.17, 15) is 31.8 Å². The lowest BCUT2D eigenvalue weighted by atomic mass is 9.96. The van der Waals surface area contributed by atoms with Crippen molar-refractivity contribution in [2.75, 3.05) is 31.7 Å². The van der Waals surface area contributed by atoms with Crippen molar-refractivity contribution in [1.82, 2.24) is 5.32 Å². The van der Waals surface area contributed by atoms with E-state index in [-0.39, 0.29) is 30.8 Å². The molecule has 0 aliphatic carbocycles. The third-order valence-electron chi connectivity index (χ3n) is 5.93. The number of hydrogen-bond acceptors (Lipinski definition) is 7. The lowest BCUT2D eigenvalue weighted by Crippen LogP contribution is -2.32. The Morgan fingerprint density at radius 3 is 2.26 bits per heavy atom. The molecule has 0 aliphatic rings. The first kappa shape index (κ1) is 30.1. The van der Waals surface area contributed by atoms with Crippen LogP contribution in [0.4, 0.5) is 18.9 Å². The third-order valence-corrected chi connectivity index (χ3v) is 6.52. The smallest absolute Gasteiger partial charge is 0.416 e. The SMILES string of the molecule is COc1ccc(C(Cc2cccc(C(F)(F)F)c2)NCC(O)Cc2ccc(O)c(NS(C)(=O)=O)c2)cc1OC. The lowest BCUT2D eigenvalue weighted by Gasteiger charge is -2.23. The lowest BCUT2D eigenvalue weighted by molar-refractivity contribution is -0.137. The highest BCUT2D eigenvalue weighted by Crippen LogP contribution is 2.33. The zero-order chi connectivity index (χ0) is 28.8. The van der Waals surface area contributed by atoms with E-state index in [1.54, 1.807) is 30.3 Å². The van der Waals surface area contributed by atoms with Gasteiger partial charge in [0.25, 0.3) is 0 Å². The van der Waals surface area contributed by atoms with Crippen LogP contribution in [-0.2, 0) is 29.0 Å². The molecule has 8 nitrogen and oxygen atoms in total. The number of methoxy groups -OCH3 is 2. The van der Waals surface area contributed by atoms with Crippen LogP contribution < -0.4 is 19.5 Å². The summed E-state index contributed by atoms with van der Waals surface area (Å²) in [4.78, 5) is 0. The number of aliphatic hydroxyl groups excluding tert-OH is 1. The Bertz CT molecular complexity index is 1380. The van der Waals surface area contributed by atoms with Crippen LogP contribution >= 0.6 is 0 Å². The van der Waals surface area contributed by atoms with Crippen LogP contribution in [0.15, 0.2) is 60.7 Å². The first-order chi connectivity index (χ1) is 18.3. The molecule has 39 heavy (non-hydrogen) atoms. The first-order valence-electron chi connectivity index (χ1n) is 11.9. The largest absolute Gasteiger partial charge is 0.506 e. The Hall–Kier alpha value is -3.48. The Morgan fingerprint density at radius 1 is 0.923 bits per heavy atom. The molecule has 0 saturated heterocycles. The van der Waals surface area contributed by atoms with Crippen molar-refractivity contribution < 1.29 is 41.3 Å². The van der Waals surface area contributed by atoms with Crippen LogP contribution in [0.2, 0.25) is 0 Å². The predicted octanol–water partition coefficient (Wildman–Crippen LogP) is 4.28. The normalized spacial score (nSPS) is 13.5. The van der Waals surface area contributed by atoms with Crippen LogP contribution in [0.5, 0.6) is 17.2 Å². The summed E-state index contributed by atoms with van der Waals surface area (Å²) in [5.41, 5.74) is 0.955. The quantitative estimate of drug-likeness (QED) is 0.241. The fraction of sp³-hybridized carbons (Fsp3) is 0.333. The highest BCUT2D eigenvalue weighted by Gasteiger charge is 2.30. The molecule has 0 amide bonds. The maximum Gasteiger partial charge on any atom is 0.416 e. The Labute approximate surface area is 225 Å². The average molecular weight is 569 g/mol. The van der Waals surface area contributed by atoms with Gasteiger partial charge < -0.3 is 25.0 Å². The van der Waals surface area contributed by atoms with Crippen molar-refractivity contribution in [3.05, 3.63) is 82.9 Å². The van der Waals surface area contributed by atoms with Gasteiger partial charge in [0.1, 0.15) is 5.75 Å². The number of halogens is 3. The zero-order valence-corrected chi connectivity index (χ0v) is 22.4. The van der Waals surface area contributed by atoms with Gasteiger partial charge in [0.2, 0.25) is 10.0 Å². The standard InChI is InChI=1S/C27H31F3N2O6S/c1-37-25-10-8-19(15-26(25)38-2)22(13-17-5-4-6-20(11-17)27(28,29)30)31-16-21(33)12-18-7-9-24(34)23(14-18)32-39(3,35)36/h4-11,14-15,21-22,31-34H,12-13,16H2,1-3H3. The van der Waals surface area contributed by atoms with E-state index in [1.165, 1.54) is 32.4 Å². The van der Waals surface area contributed by atoms with Gasteiger partial charge in [0.15, 0.2) is 11.5 Å². The van der Waals surface area contributed by atoms with E-state index < -0.39 is 33.9 Å². The second-order valence-electron chi connectivity index (χ2n) is 9.06. The zero-order valence-electron chi connectivity index (χ0n) is 21.6. The van der Waals surface area contributed by atoms with E-state index in [1.807, 2.05) is 0 Å². The van der Waals surface area contributed by atoms with Crippen LogP contribution in [0.25, 0.3) is 0 Å². The van der Waals surface area contributed by atoms with Gasteiger partial charge in [0.05, 0.1) is 37.8 Å². The average Bonchev–Trinajstić information content (AvgIpc) is 2.87. The molecule has 12 heteroatoms. The molecule has 0 fully saturated rings. The maximum absolute atomic E-state index is 13.3. The summed E-state index contributed by atoms with van der Waals surface area (Å²) < 4.78 is 75.8. The summed E-state index contributed by atoms with van der Waals surface area (Å²) in [5.74, 6) is 0.678.